The van der Waals surface area contributed by atoms with Gasteiger partial charge in [-0.15, -0.1) is 5.10 Å². The summed E-state index contributed by atoms with van der Waals surface area (Å²) in [5, 5.41) is 14.3. The largest absolute Gasteiger partial charge is 0.348 e. The molecule has 0 radical (unpaired) electrons. The zero-order valence-electron chi connectivity index (χ0n) is 12.2. The lowest BCUT2D eigenvalue weighted by molar-refractivity contribution is 0.0905. The summed E-state index contributed by atoms with van der Waals surface area (Å²) < 4.78 is 1.79. The van der Waals surface area contributed by atoms with Gasteiger partial charge in [0.1, 0.15) is 0 Å². The molecule has 6 heteroatoms. The van der Waals surface area contributed by atoms with Crippen molar-refractivity contribution in [2.45, 2.75) is 45.2 Å². The van der Waals surface area contributed by atoms with E-state index in [1.807, 2.05) is 0 Å². The van der Waals surface area contributed by atoms with E-state index in [2.05, 4.69) is 34.8 Å². The van der Waals surface area contributed by atoms with E-state index in [0.29, 0.717) is 17.7 Å². The lowest BCUT2D eigenvalue weighted by Crippen LogP contribution is -2.43. The first-order valence-electron chi connectivity index (χ1n) is 7.57. The Morgan fingerprint density at radius 3 is 2.80 bits per heavy atom. The van der Waals surface area contributed by atoms with Crippen molar-refractivity contribution in [3.05, 3.63) is 11.9 Å². The summed E-state index contributed by atoms with van der Waals surface area (Å²) >= 11 is 0. The summed E-state index contributed by atoms with van der Waals surface area (Å²) in [7, 11) is 0. The highest BCUT2D eigenvalue weighted by molar-refractivity contribution is 5.92. The maximum Gasteiger partial charge on any atom is 0.273 e. The van der Waals surface area contributed by atoms with Gasteiger partial charge in [-0.05, 0) is 31.1 Å². The van der Waals surface area contributed by atoms with Gasteiger partial charge in [0.2, 0.25) is 0 Å². The van der Waals surface area contributed by atoms with Gasteiger partial charge in [0.25, 0.3) is 5.91 Å². The maximum atomic E-state index is 12.2. The van der Waals surface area contributed by atoms with Crippen LogP contribution in [0.1, 0.15) is 49.6 Å². The molecule has 2 N–H and O–H groups in total. The molecule has 3 rings (SSSR count). The fraction of sp³-hybridized carbons (Fsp3) is 0.786. The van der Waals surface area contributed by atoms with E-state index in [4.69, 9.17) is 0 Å². The Balaban J connectivity index is 1.57. The summed E-state index contributed by atoms with van der Waals surface area (Å²) in [6.07, 6.45) is 5.08. The Kier molecular flexibility index (Phi) is 3.74. The molecule has 2 aliphatic rings. The topological polar surface area (TPSA) is 71.8 Å². The molecule has 3 unspecified atom stereocenters. The Hall–Kier alpha value is -1.43. The molecule has 1 saturated carbocycles. The summed E-state index contributed by atoms with van der Waals surface area (Å²) in [4.78, 5) is 12.2. The first kappa shape index (κ1) is 13.5. The molecule has 20 heavy (non-hydrogen) atoms. The van der Waals surface area contributed by atoms with Gasteiger partial charge in [0.05, 0.1) is 12.2 Å². The first-order valence-corrected chi connectivity index (χ1v) is 7.57. The van der Waals surface area contributed by atoms with Crippen LogP contribution in [0.25, 0.3) is 0 Å². The van der Waals surface area contributed by atoms with Crippen LogP contribution in [-0.4, -0.2) is 40.0 Å². The van der Waals surface area contributed by atoms with Gasteiger partial charge in [-0.25, -0.2) is 4.68 Å². The van der Waals surface area contributed by atoms with Gasteiger partial charge in [0.15, 0.2) is 5.69 Å². The zero-order valence-corrected chi connectivity index (χ0v) is 12.2. The molecule has 110 valence electrons. The minimum Gasteiger partial charge on any atom is -0.348 e. The lowest BCUT2D eigenvalue weighted by atomic mass is 9.79. The summed E-state index contributed by atoms with van der Waals surface area (Å²) in [6, 6.07) is 0.629. The number of carbonyl (C=O) groups excluding carboxylic acids is 1. The highest BCUT2D eigenvalue weighted by Crippen LogP contribution is 2.29. The van der Waals surface area contributed by atoms with Crippen LogP contribution in [0.15, 0.2) is 6.20 Å². The molecule has 1 aliphatic heterocycles. The molecule has 0 spiro atoms. The summed E-state index contributed by atoms with van der Waals surface area (Å²) in [6.45, 7) is 6.37. The average molecular weight is 277 g/mol. The standard InChI is InChI=1S/C14H23N5O/c1-9-3-4-11(5-10(9)2)16-14(20)13-8-19(18-17-13)12-6-15-7-12/h8-12,15H,3-7H2,1-2H3,(H,16,20). The van der Waals surface area contributed by atoms with Crippen LogP contribution < -0.4 is 10.6 Å². The summed E-state index contributed by atoms with van der Waals surface area (Å²) in [5.74, 6) is 1.34. The quantitative estimate of drug-likeness (QED) is 0.864. The first-order chi connectivity index (χ1) is 9.63. The second-order valence-electron chi connectivity index (χ2n) is 6.33. The van der Waals surface area contributed by atoms with Crippen LogP contribution >= 0.6 is 0 Å². The number of hydrogen-bond donors (Lipinski definition) is 2. The van der Waals surface area contributed by atoms with Gasteiger partial charge in [0, 0.05) is 19.1 Å². The van der Waals surface area contributed by atoms with Crippen LogP contribution in [-0.2, 0) is 0 Å². The Bertz CT molecular complexity index is 482. The Morgan fingerprint density at radius 2 is 2.15 bits per heavy atom. The van der Waals surface area contributed by atoms with E-state index in [1.165, 1.54) is 6.42 Å². The van der Waals surface area contributed by atoms with Gasteiger partial charge in [-0.2, -0.15) is 0 Å². The molecule has 1 aliphatic carbocycles. The van der Waals surface area contributed by atoms with Crippen molar-refractivity contribution in [2.24, 2.45) is 11.8 Å². The van der Waals surface area contributed by atoms with Crippen molar-refractivity contribution in [2.75, 3.05) is 13.1 Å². The smallest absolute Gasteiger partial charge is 0.273 e. The van der Waals surface area contributed by atoms with Crippen LogP contribution in [0.4, 0.5) is 0 Å². The van der Waals surface area contributed by atoms with Crippen molar-refractivity contribution >= 4 is 5.91 Å². The average Bonchev–Trinajstić information content (AvgIpc) is 2.81. The molecule has 0 aromatic carbocycles. The SMILES string of the molecule is CC1CCC(NC(=O)c2cn(C3CNC3)nn2)CC1C. The van der Waals surface area contributed by atoms with Crippen molar-refractivity contribution in [1.82, 2.24) is 25.6 Å². The molecule has 6 nitrogen and oxygen atoms in total. The van der Waals surface area contributed by atoms with Crippen molar-refractivity contribution in [1.29, 1.82) is 0 Å². The third-order valence-corrected chi connectivity index (χ3v) is 4.81. The van der Waals surface area contributed by atoms with Crippen LogP contribution in [0.5, 0.6) is 0 Å². The van der Waals surface area contributed by atoms with Gasteiger partial charge in [-0.1, -0.05) is 19.1 Å². The number of hydrogen-bond acceptors (Lipinski definition) is 4. The molecule has 1 aromatic rings. The second kappa shape index (κ2) is 5.52. The van der Waals surface area contributed by atoms with Crippen LogP contribution in [0.3, 0.4) is 0 Å². The molecule has 2 heterocycles. The fourth-order valence-electron chi connectivity index (χ4n) is 2.96. The number of aromatic nitrogens is 3. The number of amides is 1. The van der Waals surface area contributed by atoms with Crippen molar-refractivity contribution < 1.29 is 4.79 Å². The van der Waals surface area contributed by atoms with Crippen LogP contribution in [0.2, 0.25) is 0 Å². The lowest BCUT2D eigenvalue weighted by Gasteiger charge is -2.32. The monoisotopic (exact) mass is 277 g/mol. The van der Waals surface area contributed by atoms with Crippen molar-refractivity contribution in [3.8, 4) is 0 Å². The van der Waals surface area contributed by atoms with Gasteiger partial charge in [-0.3, -0.25) is 4.79 Å². The number of nitrogens with one attached hydrogen (secondary N) is 2. The molecule has 1 saturated heterocycles. The highest BCUT2D eigenvalue weighted by atomic mass is 16.2. The normalized spacial score (nSPS) is 30.8. The predicted molar refractivity (Wildman–Crippen MR) is 75.4 cm³/mol. The van der Waals surface area contributed by atoms with E-state index < -0.39 is 0 Å². The molecular formula is C14H23N5O. The summed E-state index contributed by atoms with van der Waals surface area (Å²) in [5.41, 5.74) is 0.433. The van der Waals surface area contributed by atoms with E-state index in [0.717, 1.165) is 31.8 Å². The van der Waals surface area contributed by atoms with Crippen LogP contribution in [0, 0.1) is 11.8 Å². The van der Waals surface area contributed by atoms with E-state index >= 15 is 0 Å². The number of carbonyl (C=O) groups is 1. The molecule has 0 bridgehead atoms. The zero-order chi connectivity index (χ0) is 14.1. The van der Waals surface area contributed by atoms with Crippen molar-refractivity contribution in [3.63, 3.8) is 0 Å². The second-order valence-corrected chi connectivity index (χ2v) is 6.33. The third-order valence-electron chi connectivity index (χ3n) is 4.81. The van der Waals surface area contributed by atoms with E-state index in [1.54, 1.807) is 10.9 Å². The third kappa shape index (κ3) is 2.70. The molecule has 1 amide bonds. The van der Waals surface area contributed by atoms with Gasteiger partial charge >= 0.3 is 0 Å². The Morgan fingerprint density at radius 1 is 1.35 bits per heavy atom. The predicted octanol–water partition coefficient (Wildman–Crippen LogP) is 0.977. The van der Waals surface area contributed by atoms with E-state index in [-0.39, 0.29) is 11.9 Å². The van der Waals surface area contributed by atoms with Gasteiger partial charge < -0.3 is 10.6 Å². The maximum absolute atomic E-state index is 12.2. The van der Waals surface area contributed by atoms with E-state index in [9.17, 15) is 4.79 Å². The fourth-order valence-corrected chi connectivity index (χ4v) is 2.96. The minimum absolute atomic E-state index is 0.0877. The highest BCUT2D eigenvalue weighted by Gasteiger charge is 2.27. The molecular weight excluding hydrogens is 254 g/mol. The minimum atomic E-state index is -0.0877. The molecule has 2 fully saturated rings. The molecule has 1 aromatic heterocycles. The molecule has 3 atom stereocenters. The number of nitrogens with zero attached hydrogens (tertiary/aromatic N) is 3. The Labute approximate surface area is 119 Å². The number of rotatable bonds is 3.